The summed E-state index contributed by atoms with van der Waals surface area (Å²) in [5.41, 5.74) is 6.36. The number of nitrogens with two attached hydrogens (primary N) is 1. The predicted octanol–water partition coefficient (Wildman–Crippen LogP) is 5.37. The van der Waals surface area contributed by atoms with E-state index in [0.717, 1.165) is 5.75 Å². The molecule has 120 valence electrons. The van der Waals surface area contributed by atoms with Crippen molar-refractivity contribution in [3.05, 3.63) is 0 Å². The number of amidine groups is 1. The summed E-state index contributed by atoms with van der Waals surface area (Å²) < 4.78 is 0. The SMILES string of the molecule is CC(C)C(C)(C)C(CSC(=N)N)C(C)(C)CC(C)(C)C. The average molecular weight is 301 g/mol. The second kappa shape index (κ2) is 6.72. The topological polar surface area (TPSA) is 49.9 Å². The molecule has 20 heavy (non-hydrogen) atoms. The van der Waals surface area contributed by atoms with E-state index in [4.69, 9.17) is 11.1 Å². The highest BCUT2D eigenvalue weighted by atomic mass is 32.2. The van der Waals surface area contributed by atoms with Crippen LogP contribution in [-0.4, -0.2) is 10.9 Å². The normalized spacial score (nSPS) is 15.5. The summed E-state index contributed by atoms with van der Waals surface area (Å²) in [6.07, 6.45) is 1.18. The van der Waals surface area contributed by atoms with Gasteiger partial charge >= 0.3 is 0 Å². The van der Waals surface area contributed by atoms with E-state index in [-0.39, 0.29) is 16.0 Å². The van der Waals surface area contributed by atoms with E-state index in [0.29, 0.717) is 17.3 Å². The van der Waals surface area contributed by atoms with Crippen molar-refractivity contribution in [2.45, 2.75) is 68.7 Å². The summed E-state index contributed by atoms with van der Waals surface area (Å²) in [5, 5.41) is 7.76. The summed E-state index contributed by atoms with van der Waals surface area (Å²) in [5.74, 6) is 2.08. The first-order valence-electron chi connectivity index (χ1n) is 7.67. The molecule has 0 aliphatic heterocycles. The van der Waals surface area contributed by atoms with Gasteiger partial charge in [0.05, 0.1) is 0 Å². The molecule has 0 saturated carbocycles. The van der Waals surface area contributed by atoms with E-state index < -0.39 is 0 Å². The van der Waals surface area contributed by atoms with Crippen LogP contribution in [0.3, 0.4) is 0 Å². The minimum atomic E-state index is 0.231. The molecule has 0 spiro atoms. The molecule has 0 amide bonds. The monoisotopic (exact) mass is 300 g/mol. The van der Waals surface area contributed by atoms with Gasteiger partial charge in [-0.05, 0) is 34.5 Å². The van der Waals surface area contributed by atoms with Gasteiger partial charge in [-0.2, -0.15) is 0 Å². The maximum absolute atomic E-state index is 7.52. The Morgan fingerprint density at radius 3 is 1.80 bits per heavy atom. The van der Waals surface area contributed by atoms with Crippen LogP contribution in [0.2, 0.25) is 0 Å². The van der Waals surface area contributed by atoms with E-state index in [1.165, 1.54) is 18.2 Å². The van der Waals surface area contributed by atoms with E-state index in [1.54, 1.807) is 0 Å². The van der Waals surface area contributed by atoms with Gasteiger partial charge in [0.1, 0.15) is 0 Å². The van der Waals surface area contributed by atoms with Crippen LogP contribution in [0, 0.1) is 33.5 Å². The molecule has 0 aliphatic carbocycles. The third kappa shape index (κ3) is 6.07. The maximum atomic E-state index is 7.52. The van der Waals surface area contributed by atoms with E-state index >= 15 is 0 Å². The molecule has 0 radical (unpaired) electrons. The lowest BCUT2D eigenvalue weighted by atomic mass is 9.58. The van der Waals surface area contributed by atoms with Crippen LogP contribution in [0.5, 0.6) is 0 Å². The second-order valence-corrected chi connectivity index (χ2v) is 9.99. The zero-order valence-corrected chi connectivity index (χ0v) is 15.9. The highest BCUT2D eigenvalue weighted by molar-refractivity contribution is 8.13. The van der Waals surface area contributed by atoms with Crippen molar-refractivity contribution in [2.24, 2.45) is 33.8 Å². The largest absolute Gasteiger partial charge is 0.379 e. The first kappa shape index (κ1) is 19.8. The highest BCUT2D eigenvalue weighted by Crippen LogP contribution is 2.50. The number of thioether (sulfide) groups is 1. The Kier molecular flexibility index (Phi) is 6.66. The maximum Gasteiger partial charge on any atom is 0.151 e. The molecule has 0 rings (SSSR count). The Hall–Kier alpha value is -0.180. The molecule has 0 aromatic heterocycles. The summed E-state index contributed by atoms with van der Waals surface area (Å²) in [7, 11) is 0. The van der Waals surface area contributed by atoms with Crippen LogP contribution < -0.4 is 5.73 Å². The lowest BCUT2D eigenvalue weighted by Crippen LogP contribution is -2.43. The van der Waals surface area contributed by atoms with Crippen molar-refractivity contribution >= 4 is 16.9 Å². The fraction of sp³-hybridized carbons (Fsp3) is 0.941. The molecular formula is C17H36N2S. The van der Waals surface area contributed by atoms with Gasteiger partial charge in [0.15, 0.2) is 5.17 Å². The van der Waals surface area contributed by atoms with E-state index in [9.17, 15) is 0 Å². The summed E-state index contributed by atoms with van der Waals surface area (Å²) >= 11 is 1.50. The molecule has 1 atom stereocenters. The van der Waals surface area contributed by atoms with Crippen LogP contribution in [-0.2, 0) is 0 Å². The van der Waals surface area contributed by atoms with Gasteiger partial charge in [-0.25, -0.2) is 0 Å². The van der Waals surface area contributed by atoms with Gasteiger partial charge in [-0.1, -0.05) is 74.1 Å². The average Bonchev–Trinajstić information content (AvgIpc) is 2.11. The van der Waals surface area contributed by atoms with E-state index in [2.05, 4.69) is 62.3 Å². The van der Waals surface area contributed by atoms with Crippen molar-refractivity contribution in [2.75, 3.05) is 5.75 Å². The van der Waals surface area contributed by atoms with Crippen LogP contribution in [0.1, 0.15) is 68.7 Å². The minimum absolute atomic E-state index is 0.231. The smallest absolute Gasteiger partial charge is 0.151 e. The molecule has 3 heteroatoms. The van der Waals surface area contributed by atoms with Crippen molar-refractivity contribution in [3.63, 3.8) is 0 Å². The Balaban J connectivity index is 5.35. The second-order valence-electron chi connectivity index (χ2n) is 8.93. The van der Waals surface area contributed by atoms with Crippen molar-refractivity contribution in [3.8, 4) is 0 Å². The molecule has 3 N–H and O–H groups in total. The number of nitrogens with one attached hydrogen (secondary N) is 1. The van der Waals surface area contributed by atoms with E-state index in [1.807, 2.05) is 0 Å². The van der Waals surface area contributed by atoms with Gasteiger partial charge in [0, 0.05) is 5.75 Å². The fourth-order valence-electron chi connectivity index (χ4n) is 3.51. The molecule has 0 aromatic carbocycles. The Morgan fingerprint density at radius 2 is 1.50 bits per heavy atom. The van der Waals surface area contributed by atoms with Crippen LogP contribution in [0.4, 0.5) is 0 Å². The molecule has 0 fully saturated rings. The highest BCUT2D eigenvalue weighted by Gasteiger charge is 2.43. The van der Waals surface area contributed by atoms with Crippen LogP contribution in [0.15, 0.2) is 0 Å². The van der Waals surface area contributed by atoms with Crippen LogP contribution in [0.25, 0.3) is 0 Å². The minimum Gasteiger partial charge on any atom is -0.379 e. The molecule has 0 aromatic rings. The van der Waals surface area contributed by atoms with Crippen molar-refractivity contribution < 1.29 is 0 Å². The van der Waals surface area contributed by atoms with Crippen molar-refractivity contribution in [1.29, 1.82) is 5.41 Å². The van der Waals surface area contributed by atoms with Gasteiger partial charge in [0.2, 0.25) is 0 Å². The summed E-state index contributed by atoms with van der Waals surface area (Å²) in [6.45, 7) is 21.0. The third-order valence-corrected chi connectivity index (χ3v) is 5.53. The zero-order chi connectivity index (χ0) is 16.4. The lowest BCUT2D eigenvalue weighted by molar-refractivity contribution is 0.0247. The van der Waals surface area contributed by atoms with Gasteiger partial charge in [-0.15, -0.1) is 0 Å². The molecule has 0 bridgehead atoms. The predicted molar refractivity (Wildman–Crippen MR) is 94.3 cm³/mol. The molecule has 1 unspecified atom stereocenters. The van der Waals surface area contributed by atoms with Gasteiger partial charge in [0.25, 0.3) is 0 Å². The number of rotatable bonds is 6. The molecule has 0 aliphatic rings. The molecule has 0 saturated heterocycles. The van der Waals surface area contributed by atoms with Crippen LogP contribution >= 0.6 is 11.8 Å². The molecule has 2 nitrogen and oxygen atoms in total. The molecule has 0 heterocycles. The fourth-order valence-corrected chi connectivity index (χ4v) is 4.74. The van der Waals surface area contributed by atoms with Crippen molar-refractivity contribution in [1.82, 2.24) is 0 Å². The first-order chi connectivity index (χ1) is 8.70. The Bertz CT molecular complexity index is 324. The molecular weight excluding hydrogens is 264 g/mol. The Labute approximate surface area is 131 Å². The lowest BCUT2D eigenvalue weighted by Gasteiger charge is -2.49. The standard InChI is InChI=1S/C17H36N2S/c1-12(2)17(8,9)13(10-20-14(18)19)16(6,7)11-15(3,4)5/h12-13H,10-11H2,1-9H3,(H3,18,19). The number of hydrogen-bond acceptors (Lipinski definition) is 2. The third-order valence-electron chi connectivity index (χ3n) is 4.72. The quantitative estimate of drug-likeness (QED) is 0.511. The zero-order valence-electron chi connectivity index (χ0n) is 15.1. The Morgan fingerprint density at radius 1 is 1.05 bits per heavy atom. The van der Waals surface area contributed by atoms with Gasteiger partial charge < -0.3 is 5.73 Å². The van der Waals surface area contributed by atoms with Gasteiger partial charge in [-0.3, -0.25) is 5.41 Å². The first-order valence-corrected chi connectivity index (χ1v) is 8.65. The summed E-state index contributed by atoms with van der Waals surface area (Å²) in [4.78, 5) is 0. The summed E-state index contributed by atoms with van der Waals surface area (Å²) in [6, 6.07) is 0. The number of hydrogen-bond donors (Lipinski definition) is 2.